The lowest BCUT2D eigenvalue weighted by Gasteiger charge is -2.56. The van der Waals surface area contributed by atoms with Crippen molar-refractivity contribution in [2.45, 2.75) is 12.5 Å². The fraction of sp³-hybridized carbons (Fsp3) is 0.308. The molecular formula is C13H15N3O2S-2. The first-order valence-electron chi connectivity index (χ1n) is 6.16. The van der Waals surface area contributed by atoms with E-state index < -0.39 is 10.6 Å². The van der Waals surface area contributed by atoms with Gasteiger partial charge in [-0.2, -0.15) is 5.10 Å². The number of nitrogen functional groups attached to an aromatic ring is 1. The summed E-state index contributed by atoms with van der Waals surface area (Å²) < 4.78 is 24.7. The van der Waals surface area contributed by atoms with Gasteiger partial charge in [0, 0.05) is 11.6 Å². The number of anilines is 1. The molecule has 6 heteroatoms. The zero-order chi connectivity index (χ0) is 13.5. The van der Waals surface area contributed by atoms with Gasteiger partial charge in [0.05, 0.1) is 11.7 Å². The second-order valence-corrected chi connectivity index (χ2v) is 7.05. The van der Waals surface area contributed by atoms with E-state index >= 15 is 0 Å². The van der Waals surface area contributed by atoms with Crippen molar-refractivity contribution >= 4 is 16.4 Å². The first kappa shape index (κ1) is 12.5. The van der Waals surface area contributed by atoms with Crippen LogP contribution < -0.4 is 5.73 Å². The second-order valence-electron chi connectivity index (χ2n) is 4.82. The number of benzene rings is 1. The maximum absolute atomic E-state index is 11.5. The molecule has 0 amide bonds. The van der Waals surface area contributed by atoms with Crippen molar-refractivity contribution in [3.05, 3.63) is 36.4 Å². The van der Waals surface area contributed by atoms with Gasteiger partial charge in [0.25, 0.3) is 0 Å². The summed E-state index contributed by atoms with van der Waals surface area (Å²) in [6.45, 7) is 0. The van der Waals surface area contributed by atoms with Crippen molar-refractivity contribution < 1.29 is 9.11 Å². The molecular weight excluding hydrogens is 262 g/mol. The van der Waals surface area contributed by atoms with E-state index in [-0.39, 0.29) is 17.5 Å². The highest BCUT2D eigenvalue weighted by atomic mass is 32.3. The zero-order valence-electron chi connectivity index (χ0n) is 10.4. The Kier molecular flexibility index (Phi) is 3.00. The number of rotatable bonds is 2. The Labute approximate surface area is 113 Å². The van der Waals surface area contributed by atoms with Gasteiger partial charge in [0.1, 0.15) is 5.82 Å². The highest BCUT2D eigenvalue weighted by Crippen LogP contribution is 2.50. The Morgan fingerprint density at radius 3 is 2.63 bits per heavy atom. The fourth-order valence-electron chi connectivity index (χ4n) is 2.42. The summed E-state index contributed by atoms with van der Waals surface area (Å²) in [7, 11) is -2.93. The highest BCUT2D eigenvalue weighted by molar-refractivity contribution is 8.24. The van der Waals surface area contributed by atoms with Gasteiger partial charge >= 0.3 is 0 Å². The molecule has 3 rings (SSSR count). The first-order chi connectivity index (χ1) is 9.05. The van der Waals surface area contributed by atoms with Gasteiger partial charge in [-0.3, -0.25) is 0 Å². The molecule has 0 saturated carbocycles. The van der Waals surface area contributed by atoms with Crippen molar-refractivity contribution in [2.24, 2.45) is 0 Å². The van der Waals surface area contributed by atoms with Gasteiger partial charge in [-0.25, -0.2) is 4.68 Å². The summed E-state index contributed by atoms with van der Waals surface area (Å²) in [5, 5.41) is 4.45. The molecule has 1 atom stereocenters. The molecule has 2 aromatic rings. The van der Waals surface area contributed by atoms with Crippen LogP contribution in [-0.4, -0.2) is 30.4 Å². The quantitative estimate of drug-likeness (QED) is 0.910. The second kappa shape index (κ2) is 4.56. The largest absolute Gasteiger partial charge is 0.800 e. The van der Waals surface area contributed by atoms with Gasteiger partial charge in [-0.15, -0.1) is 0 Å². The Bertz CT molecular complexity index is 583. The molecule has 5 nitrogen and oxygen atoms in total. The topological polar surface area (TPSA) is 90.0 Å². The highest BCUT2D eigenvalue weighted by Gasteiger charge is 2.22. The van der Waals surface area contributed by atoms with Crippen LogP contribution in [0.2, 0.25) is 0 Å². The fourth-order valence-corrected chi connectivity index (χ4v) is 4.11. The normalized spacial score (nSPS) is 23.4. The average Bonchev–Trinajstić information content (AvgIpc) is 2.93. The standard InChI is InChI=1S/C13H17N3O2S/c14-13-8-12(10-4-2-1-3-5-10)15-16(13)11-6-7-19(17,18)9-11/h1-5,8,11,17-18H,6-7,9,14H2/p-2. The Morgan fingerprint density at radius 2 is 2.00 bits per heavy atom. The van der Waals surface area contributed by atoms with E-state index in [0.29, 0.717) is 12.2 Å². The molecule has 1 saturated heterocycles. The van der Waals surface area contributed by atoms with Gasteiger partial charge < -0.3 is 25.4 Å². The maximum Gasteiger partial charge on any atom is 0.122 e. The summed E-state index contributed by atoms with van der Waals surface area (Å²) in [6.07, 6.45) is 0.586. The Balaban J connectivity index is 1.91. The monoisotopic (exact) mass is 277 g/mol. The van der Waals surface area contributed by atoms with Crippen LogP contribution in [0.3, 0.4) is 0 Å². The molecule has 1 fully saturated rings. The van der Waals surface area contributed by atoms with Crippen molar-refractivity contribution in [3.8, 4) is 11.3 Å². The summed E-state index contributed by atoms with van der Waals surface area (Å²) in [4.78, 5) is 0. The predicted octanol–water partition coefficient (Wildman–Crippen LogP) is 2.14. The van der Waals surface area contributed by atoms with Crippen LogP contribution in [0.1, 0.15) is 12.5 Å². The molecule has 1 unspecified atom stereocenters. The molecule has 0 aliphatic carbocycles. The number of nitrogens with zero attached hydrogens (tertiary/aromatic N) is 2. The van der Waals surface area contributed by atoms with Crippen LogP contribution in [-0.2, 0) is 0 Å². The molecule has 1 aliphatic rings. The Morgan fingerprint density at radius 1 is 1.26 bits per heavy atom. The van der Waals surface area contributed by atoms with Gasteiger partial charge in [-0.1, -0.05) is 30.3 Å². The van der Waals surface area contributed by atoms with Crippen LogP contribution >= 0.6 is 10.6 Å². The number of sulfone groups is 1. The maximum atomic E-state index is 11.5. The van der Waals surface area contributed by atoms with Crippen molar-refractivity contribution in [3.63, 3.8) is 0 Å². The van der Waals surface area contributed by atoms with E-state index in [1.54, 1.807) is 10.7 Å². The number of hydrogen-bond acceptors (Lipinski definition) is 4. The van der Waals surface area contributed by atoms with E-state index in [0.717, 1.165) is 11.3 Å². The molecule has 2 N–H and O–H groups in total. The number of aromatic nitrogens is 2. The van der Waals surface area contributed by atoms with E-state index in [1.165, 1.54) is 0 Å². The minimum Gasteiger partial charge on any atom is -0.800 e. The molecule has 1 aromatic carbocycles. The lowest BCUT2D eigenvalue weighted by atomic mass is 10.2. The summed E-state index contributed by atoms with van der Waals surface area (Å²) in [5.74, 6) is 0.867. The average molecular weight is 277 g/mol. The first-order valence-corrected chi connectivity index (χ1v) is 7.98. The van der Waals surface area contributed by atoms with Crippen LogP contribution in [0.25, 0.3) is 11.3 Å². The lowest BCUT2D eigenvalue weighted by molar-refractivity contribution is 0.447. The van der Waals surface area contributed by atoms with E-state index in [2.05, 4.69) is 5.10 Å². The molecule has 19 heavy (non-hydrogen) atoms. The van der Waals surface area contributed by atoms with Crippen LogP contribution in [0.5, 0.6) is 0 Å². The number of hydrogen-bond donors (Lipinski definition) is 1. The SMILES string of the molecule is Nc1cc(-c2ccccc2)nn1C1CCS([O-])([O-])C1. The minimum atomic E-state index is -2.93. The third kappa shape index (κ3) is 2.47. The van der Waals surface area contributed by atoms with Crippen molar-refractivity contribution in [1.29, 1.82) is 0 Å². The predicted molar refractivity (Wildman–Crippen MR) is 74.6 cm³/mol. The van der Waals surface area contributed by atoms with E-state index in [9.17, 15) is 9.11 Å². The summed E-state index contributed by atoms with van der Waals surface area (Å²) in [5.41, 5.74) is 7.71. The molecule has 2 heterocycles. The summed E-state index contributed by atoms with van der Waals surface area (Å²) in [6, 6.07) is 11.4. The third-order valence-electron chi connectivity index (χ3n) is 3.39. The number of nitrogens with two attached hydrogens (primary N) is 1. The van der Waals surface area contributed by atoms with Crippen molar-refractivity contribution in [1.82, 2.24) is 9.78 Å². The molecule has 0 spiro atoms. The van der Waals surface area contributed by atoms with Crippen LogP contribution in [0, 0.1) is 0 Å². The van der Waals surface area contributed by atoms with E-state index in [4.69, 9.17) is 5.73 Å². The van der Waals surface area contributed by atoms with Crippen molar-refractivity contribution in [2.75, 3.05) is 17.2 Å². The molecule has 102 valence electrons. The van der Waals surface area contributed by atoms with Crippen LogP contribution in [0.4, 0.5) is 5.82 Å². The van der Waals surface area contributed by atoms with E-state index in [1.807, 2.05) is 30.3 Å². The van der Waals surface area contributed by atoms with Gasteiger partial charge in [0.15, 0.2) is 0 Å². The van der Waals surface area contributed by atoms with Gasteiger partial charge in [-0.05, 0) is 17.9 Å². The molecule has 1 aromatic heterocycles. The molecule has 0 radical (unpaired) electrons. The minimum absolute atomic E-state index is 0.132. The summed E-state index contributed by atoms with van der Waals surface area (Å²) >= 11 is 0. The van der Waals surface area contributed by atoms with Gasteiger partial charge in [0.2, 0.25) is 0 Å². The third-order valence-corrected chi connectivity index (χ3v) is 5.14. The Hall–Kier alpha value is -1.50. The molecule has 0 bridgehead atoms. The zero-order valence-corrected chi connectivity index (χ0v) is 11.2. The molecule has 1 aliphatic heterocycles. The van der Waals surface area contributed by atoms with Crippen LogP contribution in [0.15, 0.2) is 36.4 Å². The lowest BCUT2D eigenvalue weighted by Crippen LogP contribution is -2.14. The smallest absolute Gasteiger partial charge is 0.122 e.